The van der Waals surface area contributed by atoms with Crippen molar-refractivity contribution in [1.82, 2.24) is 0 Å². The van der Waals surface area contributed by atoms with Crippen molar-refractivity contribution in [3.8, 4) is 11.1 Å². The Kier molecular flexibility index (Phi) is 5.59. The molecule has 2 N–H and O–H groups in total. The molecule has 3 aromatic carbocycles. The molecule has 0 amide bonds. The van der Waals surface area contributed by atoms with Crippen molar-refractivity contribution >= 4 is 17.2 Å². The molecule has 0 unspecified atom stereocenters. The van der Waals surface area contributed by atoms with E-state index in [9.17, 15) is 13.2 Å². The highest BCUT2D eigenvalue weighted by molar-refractivity contribution is 5.97. The maximum Gasteiger partial charge on any atom is 0.416 e. The molecule has 4 nitrogen and oxygen atoms in total. The Morgan fingerprint density at radius 3 is 2.29 bits per heavy atom. The smallest absolute Gasteiger partial charge is 0.397 e. The maximum absolute atomic E-state index is 12.8. The highest BCUT2D eigenvalue weighted by atomic mass is 19.4. The van der Waals surface area contributed by atoms with Crippen LogP contribution in [-0.2, 0) is 17.4 Å². The summed E-state index contributed by atoms with van der Waals surface area (Å²) in [5, 5.41) is 3.75. The van der Waals surface area contributed by atoms with Crippen molar-refractivity contribution in [3.63, 3.8) is 0 Å². The number of oxime groups is 1. The van der Waals surface area contributed by atoms with Crippen molar-refractivity contribution in [1.29, 1.82) is 0 Å². The van der Waals surface area contributed by atoms with Crippen LogP contribution in [0.4, 0.5) is 24.5 Å². The zero-order chi connectivity index (χ0) is 22.0. The molecule has 0 saturated carbocycles. The number of nitrogens with two attached hydrogens (primary N) is 1. The standard InChI is InChI=1S/C24H22F3N3O/c1-31-29-23(28)17-6-11-21(12-7-17)30-14-2-3-19-15-18(8-13-22(19)30)16-4-9-20(10-5-16)24(25,26)27/h4-13,15H,2-3,14H2,1H3,(H2,28,29). The molecule has 0 radical (unpaired) electrons. The van der Waals surface area contributed by atoms with Crippen molar-refractivity contribution in [2.45, 2.75) is 19.0 Å². The van der Waals surface area contributed by atoms with Crippen LogP contribution in [0.5, 0.6) is 0 Å². The molecule has 0 aliphatic carbocycles. The van der Waals surface area contributed by atoms with Crippen LogP contribution < -0.4 is 10.6 Å². The van der Waals surface area contributed by atoms with Crippen LogP contribution in [0.2, 0.25) is 0 Å². The van der Waals surface area contributed by atoms with E-state index in [4.69, 9.17) is 10.6 Å². The predicted molar refractivity (Wildman–Crippen MR) is 116 cm³/mol. The van der Waals surface area contributed by atoms with Crippen LogP contribution >= 0.6 is 0 Å². The van der Waals surface area contributed by atoms with Crippen molar-refractivity contribution in [2.24, 2.45) is 10.9 Å². The van der Waals surface area contributed by atoms with Gasteiger partial charge in [0.2, 0.25) is 0 Å². The summed E-state index contributed by atoms with van der Waals surface area (Å²) in [5.74, 6) is 0.314. The number of benzene rings is 3. The number of fused-ring (bicyclic) bond motifs is 1. The van der Waals surface area contributed by atoms with E-state index in [-0.39, 0.29) is 0 Å². The zero-order valence-corrected chi connectivity index (χ0v) is 17.0. The topological polar surface area (TPSA) is 50.9 Å². The molecule has 0 fully saturated rings. The van der Waals surface area contributed by atoms with Gasteiger partial charge < -0.3 is 15.5 Å². The van der Waals surface area contributed by atoms with Gasteiger partial charge in [0.25, 0.3) is 0 Å². The number of hydrogen-bond acceptors (Lipinski definition) is 3. The zero-order valence-electron chi connectivity index (χ0n) is 17.0. The second-order valence-electron chi connectivity index (χ2n) is 7.38. The largest absolute Gasteiger partial charge is 0.416 e. The molecule has 0 saturated heterocycles. The van der Waals surface area contributed by atoms with E-state index < -0.39 is 11.7 Å². The Labute approximate surface area is 178 Å². The fourth-order valence-corrected chi connectivity index (χ4v) is 3.86. The molecule has 0 atom stereocenters. The molecule has 0 spiro atoms. The Balaban J connectivity index is 1.61. The van der Waals surface area contributed by atoms with Crippen LogP contribution in [0.25, 0.3) is 11.1 Å². The fraction of sp³-hybridized carbons (Fsp3) is 0.208. The van der Waals surface area contributed by atoms with E-state index in [1.165, 1.54) is 24.8 Å². The normalized spacial score (nSPS) is 14.3. The first kappa shape index (κ1) is 20.8. The molecular formula is C24H22F3N3O. The number of nitrogens with zero attached hydrogens (tertiary/aromatic N) is 2. The molecule has 3 aromatic rings. The summed E-state index contributed by atoms with van der Waals surface area (Å²) >= 11 is 0. The summed E-state index contributed by atoms with van der Waals surface area (Å²) in [6.07, 6.45) is -2.42. The summed E-state index contributed by atoms with van der Waals surface area (Å²) in [7, 11) is 1.45. The van der Waals surface area contributed by atoms with Gasteiger partial charge >= 0.3 is 6.18 Å². The van der Waals surface area contributed by atoms with E-state index in [1.54, 1.807) is 0 Å². The molecule has 1 aliphatic heterocycles. The summed E-state index contributed by atoms with van der Waals surface area (Å²) in [6.45, 7) is 0.883. The first-order valence-corrected chi connectivity index (χ1v) is 9.92. The summed E-state index contributed by atoms with van der Waals surface area (Å²) < 4.78 is 38.5. The highest BCUT2D eigenvalue weighted by Crippen LogP contribution is 2.37. The lowest BCUT2D eigenvalue weighted by Gasteiger charge is -2.32. The molecule has 1 heterocycles. The number of rotatable bonds is 4. The first-order valence-electron chi connectivity index (χ1n) is 9.92. The van der Waals surface area contributed by atoms with E-state index in [1.807, 2.05) is 36.4 Å². The monoisotopic (exact) mass is 425 g/mol. The second-order valence-corrected chi connectivity index (χ2v) is 7.38. The molecule has 7 heteroatoms. The number of anilines is 2. The fourth-order valence-electron chi connectivity index (χ4n) is 3.86. The minimum Gasteiger partial charge on any atom is -0.397 e. The Bertz CT molecular complexity index is 1090. The number of halogens is 3. The number of aryl methyl sites for hydroxylation is 1. The predicted octanol–water partition coefficient (Wildman–Crippen LogP) is 5.72. The van der Waals surface area contributed by atoms with Gasteiger partial charge in [-0.1, -0.05) is 23.4 Å². The van der Waals surface area contributed by atoms with Crippen molar-refractivity contribution in [3.05, 3.63) is 83.4 Å². The van der Waals surface area contributed by atoms with Crippen LogP contribution in [0, 0.1) is 0 Å². The molecular weight excluding hydrogens is 403 g/mol. The minimum absolute atomic E-state index is 0.314. The molecule has 4 rings (SSSR count). The Morgan fingerprint density at radius 1 is 0.968 bits per heavy atom. The third kappa shape index (κ3) is 4.35. The number of alkyl halides is 3. The van der Waals surface area contributed by atoms with Crippen LogP contribution in [0.3, 0.4) is 0 Å². The van der Waals surface area contributed by atoms with Crippen LogP contribution in [0.1, 0.15) is 23.1 Å². The molecule has 0 aromatic heterocycles. The van der Waals surface area contributed by atoms with E-state index in [0.717, 1.165) is 59.6 Å². The number of amidine groups is 1. The van der Waals surface area contributed by atoms with E-state index in [0.29, 0.717) is 5.84 Å². The van der Waals surface area contributed by atoms with E-state index >= 15 is 0 Å². The minimum atomic E-state index is -4.33. The van der Waals surface area contributed by atoms with Crippen LogP contribution in [-0.4, -0.2) is 19.5 Å². The van der Waals surface area contributed by atoms with Crippen LogP contribution in [0.15, 0.2) is 71.9 Å². The van der Waals surface area contributed by atoms with Gasteiger partial charge in [0.15, 0.2) is 5.84 Å². The number of hydrogen-bond donors (Lipinski definition) is 1. The van der Waals surface area contributed by atoms with Gasteiger partial charge in [-0.3, -0.25) is 0 Å². The first-order chi connectivity index (χ1) is 14.9. The lowest BCUT2D eigenvalue weighted by atomic mass is 9.95. The lowest BCUT2D eigenvalue weighted by molar-refractivity contribution is -0.137. The van der Waals surface area contributed by atoms with Gasteiger partial charge in [0.05, 0.1) is 5.56 Å². The van der Waals surface area contributed by atoms with Gasteiger partial charge in [-0.05, 0) is 78.1 Å². The summed E-state index contributed by atoms with van der Waals surface area (Å²) in [6, 6.07) is 19.2. The third-order valence-corrected chi connectivity index (χ3v) is 5.41. The Morgan fingerprint density at radius 2 is 1.65 bits per heavy atom. The molecule has 0 bridgehead atoms. The maximum atomic E-state index is 12.8. The highest BCUT2D eigenvalue weighted by Gasteiger charge is 2.30. The lowest BCUT2D eigenvalue weighted by Crippen LogP contribution is -2.24. The van der Waals surface area contributed by atoms with Gasteiger partial charge in [-0.25, -0.2) is 0 Å². The van der Waals surface area contributed by atoms with Gasteiger partial charge in [-0.15, -0.1) is 0 Å². The molecule has 160 valence electrons. The SMILES string of the molecule is CON=C(N)c1ccc(N2CCCc3cc(-c4ccc(C(F)(F)F)cc4)ccc32)cc1. The third-order valence-electron chi connectivity index (χ3n) is 5.41. The van der Waals surface area contributed by atoms with E-state index in [2.05, 4.69) is 16.1 Å². The van der Waals surface area contributed by atoms with Gasteiger partial charge in [0, 0.05) is 23.5 Å². The second kappa shape index (κ2) is 8.34. The van der Waals surface area contributed by atoms with Gasteiger partial charge in [0.1, 0.15) is 7.11 Å². The molecule has 1 aliphatic rings. The van der Waals surface area contributed by atoms with Gasteiger partial charge in [-0.2, -0.15) is 13.2 Å². The average molecular weight is 425 g/mol. The Hall–Kier alpha value is -3.48. The van der Waals surface area contributed by atoms with Crippen molar-refractivity contribution in [2.75, 3.05) is 18.6 Å². The molecule has 31 heavy (non-hydrogen) atoms. The summed E-state index contributed by atoms with van der Waals surface area (Å²) in [4.78, 5) is 6.96. The average Bonchev–Trinajstić information content (AvgIpc) is 2.78. The quantitative estimate of drug-likeness (QED) is 0.330. The van der Waals surface area contributed by atoms with Crippen molar-refractivity contribution < 1.29 is 18.0 Å². The summed E-state index contributed by atoms with van der Waals surface area (Å²) in [5.41, 5.74) is 11.0.